The third-order valence-corrected chi connectivity index (χ3v) is 4.09. The Kier molecular flexibility index (Phi) is 7.78. The van der Waals surface area contributed by atoms with Crippen molar-refractivity contribution < 1.29 is 17.9 Å². The molecule has 7 heteroatoms. The number of thioether (sulfide) groups is 1. The highest BCUT2D eigenvalue weighted by molar-refractivity contribution is 8.00. The average molecular weight is 269 g/mol. The number of likely N-dealkylation sites (N-methyl/N-ethyl adjacent to an activating group) is 1. The van der Waals surface area contributed by atoms with E-state index in [1.807, 2.05) is 6.92 Å². The van der Waals surface area contributed by atoms with Gasteiger partial charge in [-0.25, -0.2) is 8.42 Å². The minimum atomic E-state index is -2.92. The summed E-state index contributed by atoms with van der Waals surface area (Å²) < 4.78 is 26.4. The SMILES string of the molecule is CCNC(CSCCS(C)(=O)=O)C(=O)OC. The molecule has 0 radical (unpaired) electrons. The molecule has 0 aliphatic carbocycles. The summed E-state index contributed by atoms with van der Waals surface area (Å²) in [5, 5.41) is 2.99. The largest absolute Gasteiger partial charge is 0.468 e. The second-order valence-electron chi connectivity index (χ2n) is 3.34. The van der Waals surface area contributed by atoms with E-state index in [2.05, 4.69) is 10.1 Å². The van der Waals surface area contributed by atoms with Gasteiger partial charge in [0.05, 0.1) is 12.9 Å². The third-order valence-electron chi connectivity index (χ3n) is 1.82. The zero-order valence-corrected chi connectivity index (χ0v) is 11.5. The molecule has 1 atom stereocenters. The van der Waals surface area contributed by atoms with Gasteiger partial charge < -0.3 is 10.1 Å². The van der Waals surface area contributed by atoms with Crippen LogP contribution in [-0.2, 0) is 19.4 Å². The zero-order valence-electron chi connectivity index (χ0n) is 9.86. The Balaban J connectivity index is 3.89. The van der Waals surface area contributed by atoms with E-state index in [1.54, 1.807) is 0 Å². The van der Waals surface area contributed by atoms with E-state index in [0.717, 1.165) is 0 Å². The van der Waals surface area contributed by atoms with Crippen LogP contribution in [0.2, 0.25) is 0 Å². The van der Waals surface area contributed by atoms with E-state index in [-0.39, 0.29) is 17.8 Å². The lowest BCUT2D eigenvalue weighted by molar-refractivity contribution is -0.142. The van der Waals surface area contributed by atoms with Crippen molar-refractivity contribution in [1.29, 1.82) is 0 Å². The molecule has 0 aromatic heterocycles. The van der Waals surface area contributed by atoms with Gasteiger partial charge in [-0.1, -0.05) is 6.92 Å². The van der Waals surface area contributed by atoms with Crippen LogP contribution in [0.1, 0.15) is 6.92 Å². The average Bonchev–Trinajstić information content (AvgIpc) is 2.20. The Labute approximate surface area is 101 Å². The number of hydrogen-bond donors (Lipinski definition) is 1. The van der Waals surface area contributed by atoms with Gasteiger partial charge >= 0.3 is 5.97 Å². The Hall–Kier alpha value is -0.270. The zero-order chi connectivity index (χ0) is 12.6. The molecule has 0 aromatic carbocycles. The van der Waals surface area contributed by atoms with Crippen LogP contribution in [0.4, 0.5) is 0 Å². The fourth-order valence-corrected chi connectivity index (χ4v) is 3.35. The molecule has 0 fully saturated rings. The predicted molar refractivity (Wildman–Crippen MR) is 66.5 cm³/mol. The van der Waals surface area contributed by atoms with Crippen molar-refractivity contribution in [2.24, 2.45) is 0 Å². The fraction of sp³-hybridized carbons (Fsp3) is 0.889. The summed E-state index contributed by atoms with van der Waals surface area (Å²) in [4.78, 5) is 11.3. The normalized spacial score (nSPS) is 13.4. The first-order valence-electron chi connectivity index (χ1n) is 4.97. The van der Waals surface area contributed by atoms with Crippen molar-refractivity contribution in [3.8, 4) is 0 Å². The third kappa shape index (κ3) is 7.95. The van der Waals surface area contributed by atoms with Gasteiger partial charge in [-0.05, 0) is 6.54 Å². The van der Waals surface area contributed by atoms with Crippen molar-refractivity contribution in [3.63, 3.8) is 0 Å². The summed E-state index contributed by atoms with van der Waals surface area (Å²) in [6.07, 6.45) is 1.20. The molecule has 0 bridgehead atoms. The van der Waals surface area contributed by atoms with Gasteiger partial charge in [0.1, 0.15) is 15.9 Å². The van der Waals surface area contributed by atoms with Crippen LogP contribution in [-0.4, -0.2) is 57.6 Å². The molecular weight excluding hydrogens is 250 g/mol. The standard InChI is InChI=1S/C9H19NO4S2/c1-4-10-8(9(11)14-2)7-15-5-6-16(3,12)13/h8,10H,4-7H2,1-3H3. The number of carbonyl (C=O) groups is 1. The first-order chi connectivity index (χ1) is 7.40. The molecule has 5 nitrogen and oxygen atoms in total. The van der Waals surface area contributed by atoms with Gasteiger partial charge in [-0.2, -0.15) is 11.8 Å². The molecule has 0 amide bonds. The summed E-state index contributed by atoms with van der Waals surface area (Å²) in [7, 11) is -1.58. The molecule has 0 heterocycles. The van der Waals surface area contributed by atoms with Crippen LogP contribution in [0.25, 0.3) is 0 Å². The van der Waals surface area contributed by atoms with Gasteiger partial charge in [-0.3, -0.25) is 4.79 Å². The Morgan fingerprint density at radius 2 is 2.12 bits per heavy atom. The van der Waals surface area contributed by atoms with Crippen molar-refractivity contribution >= 4 is 27.6 Å². The minimum absolute atomic E-state index is 0.137. The first kappa shape index (κ1) is 15.7. The van der Waals surface area contributed by atoms with Crippen LogP contribution in [0.5, 0.6) is 0 Å². The molecule has 0 saturated carbocycles. The number of nitrogens with one attached hydrogen (secondary N) is 1. The molecule has 0 spiro atoms. The number of esters is 1. The van der Waals surface area contributed by atoms with Gasteiger partial charge in [0.25, 0.3) is 0 Å². The smallest absolute Gasteiger partial charge is 0.323 e. The molecule has 1 N–H and O–H groups in total. The second-order valence-corrected chi connectivity index (χ2v) is 6.75. The van der Waals surface area contributed by atoms with E-state index >= 15 is 0 Å². The maximum atomic E-state index is 11.3. The van der Waals surface area contributed by atoms with Crippen molar-refractivity contribution in [2.45, 2.75) is 13.0 Å². The maximum Gasteiger partial charge on any atom is 0.323 e. The lowest BCUT2D eigenvalue weighted by Gasteiger charge is -2.14. The monoisotopic (exact) mass is 269 g/mol. The van der Waals surface area contributed by atoms with Crippen LogP contribution < -0.4 is 5.32 Å². The molecule has 0 saturated heterocycles. The predicted octanol–water partition coefficient (Wildman–Crippen LogP) is -0.0847. The summed E-state index contributed by atoms with van der Waals surface area (Å²) >= 11 is 1.43. The Bertz CT molecular complexity index is 303. The quantitative estimate of drug-likeness (QED) is 0.491. The summed E-state index contributed by atoms with van der Waals surface area (Å²) in [6.45, 7) is 2.57. The van der Waals surface area contributed by atoms with Crippen LogP contribution in [0.15, 0.2) is 0 Å². The van der Waals surface area contributed by atoms with Gasteiger partial charge in [-0.15, -0.1) is 0 Å². The van der Waals surface area contributed by atoms with Gasteiger partial charge in [0.2, 0.25) is 0 Å². The molecule has 0 aliphatic rings. The van der Waals surface area contributed by atoms with E-state index in [0.29, 0.717) is 18.1 Å². The van der Waals surface area contributed by atoms with Crippen molar-refractivity contribution in [3.05, 3.63) is 0 Å². The van der Waals surface area contributed by atoms with E-state index < -0.39 is 9.84 Å². The van der Waals surface area contributed by atoms with Crippen LogP contribution in [0, 0.1) is 0 Å². The maximum absolute atomic E-state index is 11.3. The molecule has 0 rings (SSSR count). The topological polar surface area (TPSA) is 72.5 Å². The summed E-state index contributed by atoms with van der Waals surface area (Å²) in [5.41, 5.74) is 0. The highest BCUT2D eigenvalue weighted by atomic mass is 32.2. The van der Waals surface area contributed by atoms with Crippen molar-refractivity contribution in [2.75, 3.05) is 37.2 Å². The van der Waals surface area contributed by atoms with Gasteiger partial charge in [0, 0.05) is 17.8 Å². The number of hydrogen-bond acceptors (Lipinski definition) is 6. The summed E-state index contributed by atoms with van der Waals surface area (Å²) in [5.74, 6) is 0.847. The van der Waals surface area contributed by atoms with E-state index in [4.69, 9.17) is 0 Å². The van der Waals surface area contributed by atoms with E-state index in [9.17, 15) is 13.2 Å². The Morgan fingerprint density at radius 1 is 1.50 bits per heavy atom. The first-order valence-corrected chi connectivity index (χ1v) is 8.19. The molecule has 1 unspecified atom stereocenters. The number of methoxy groups -OCH3 is 1. The van der Waals surface area contributed by atoms with Gasteiger partial charge in [0.15, 0.2) is 0 Å². The van der Waals surface area contributed by atoms with Crippen LogP contribution >= 0.6 is 11.8 Å². The molecule has 0 aliphatic heterocycles. The molecule has 96 valence electrons. The lowest BCUT2D eigenvalue weighted by Crippen LogP contribution is -2.39. The minimum Gasteiger partial charge on any atom is -0.468 e. The highest BCUT2D eigenvalue weighted by Gasteiger charge is 2.17. The number of carbonyl (C=O) groups excluding carboxylic acids is 1. The molecule has 0 aromatic rings. The summed E-state index contributed by atoms with van der Waals surface area (Å²) in [6, 6.07) is -0.362. The number of ether oxygens (including phenoxy) is 1. The lowest BCUT2D eigenvalue weighted by atomic mass is 10.3. The van der Waals surface area contributed by atoms with Crippen molar-refractivity contribution in [1.82, 2.24) is 5.32 Å². The second kappa shape index (κ2) is 7.92. The molecule has 16 heavy (non-hydrogen) atoms. The van der Waals surface area contributed by atoms with Crippen LogP contribution in [0.3, 0.4) is 0 Å². The fourth-order valence-electron chi connectivity index (χ4n) is 1.01. The highest BCUT2D eigenvalue weighted by Crippen LogP contribution is 2.05. The molecular formula is C9H19NO4S2. The number of rotatable bonds is 8. The Morgan fingerprint density at radius 3 is 2.56 bits per heavy atom. The van der Waals surface area contributed by atoms with E-state index in [1.165, 1.54) is 25.1 Å². The number of sulfone groups is 1.